The van der Waals surface area contributed by atoms with Crippen LogP contribution >= 0.6 is 0 Å². The van der Waals surface area contributed by atoms with Crippen molar-refractivity contribution in [2.45, 2.75) is 13.8 Å². The Morgan fingerprint density at radius 1 is 0.500 bits per heavy atom. The first-order chi connectivity index (χ1) is 29.0. The number of methoxy groups -OCH3 is 2. The molecule has 0 aromatic heterocycles. The van der Waals surface area contributed by atoms with E-state index in [1.807, 2.05) is 0 Å². The number of phenols is 2. The van der Waals surface area contributed by atoms with Crippen LogP contribution in [0.25, 0.3) is 21.5 Å². The first kappa shape index (κ1) is 40.0. The molecule has 0 spiro atoms. The maximum Gasteiger partial charge on any atom is 0.337 e. The van der Waals surface area contributed by atoms with E-state index in [2.05, 4.69) is 31.1 Å². The van der Waals surface area contributed by atoms with Crippen LogP contribution in [0.4, 0.5) is 34.1 Å². The number of hydrogen-bond acceptors (Lipinski definition) is 12. The molecule has 14 heteroatoms. The molecule has 298 valence electrons. The second-order valence-electron chi connectivity index (χ2n) is 13.5. The summed E-state index contributed by atoms with van der Waals surface area (Å²) >= 11 is 0. The zero-order valence-corrected chi connectivity index (χ0v) is 32.7. The molecule has 0 aliphatic carbocycles. The van der Waals surface area contributed by atoms with Crippen molar-refractivity contribution in [2.75, 3.05) is 24.9 Å². The molecule has 0 aliphatic heterocycles. The number of aromatic hydroxyl groups is 2. The van der Waals surface area contributed by atoms with Crippen LogP contribution in [-0.4, -0.2) is 48.2 Å². The van der Waals surface area contributed by atoms with E-state index in [-0.39, 0.29) is 33.6 Å². The Hall–Kier alpha value is -8.26. The van der Waals surface area contributed by atoms with Gasteiger partial charge in [-0.15, -0.1) is 10.2 Å². The second kappa shape index (κ2) is 17.1. The van der Waals surface area contributed by atoms with Crippen molar-refractivity contribution < 1.29 is 38.9 Å². The third kappa shape index (κ3) is 8.11. The minimum Gasteiger partial charge on any atom is -0.505 e. The number of nitrogens with one attached hydrogen (secondary N) is 2. The average Bonchev–Trinajstić information content (AvgIpc) is 3.27. The lowest BCUT2D eigenvalue weighted by molar-refractivity contribution is 0.0592. The molecule has 0 aliphatic rings. The number of azo groups is 2. The second-order valence-corrected chi connectivity index (χ2v) is 13.5. The van der Waals surface area contributed by atoms with Gasteiger partial charge in [0, 0.05) is 22.1 Å². The van der Waals surface area contributed by atoms with Gasteiger partial charge in [0.1, 0.15) is 11.4 Å². The number of carbonyl (C=O) groups is 4. The van der Waals surface area contributed by atoms with Gasteiger partial charge in [-0.25, -0.2) is 9.59 Å². The van der Waals surface area contributed by atoms with Crippen molar-refractivity contribution in [3.05, 3.63) is 155 Å². The number of phenolic OH excluding ortho intramolecular Hbond substituents is 2. The Morgan fingerprint density at radius 2 is 0.900 bits per heavy atom. The SMILES string of the molecule is COC(=O)c1cccc(N=Nc2c(O)c(C(=O)Nc3ccc(NC(=O)c4cc5ccccc5c(N=Nc5cccc(C(=O)OC)c5)c4O)c(C)c3C)cc3ccccc23)c1. The summed E-state index contributed by atoms with van der Waals surface area (Å²) in [6.45, 7) is 3.54. The van der Waals surface area contributed by atoms with E-state index < -0.39 is 35.3 Å². The highest BCUT2D eigenvalue weighted by molar-refractivity contribution is 6.14. The number of anilines is 2. The Bertz CT molecular complexity index is 2740. The first-order valence-corrected chi connectivity index (χ1v) is 18.4. The number of fused-ring (bicyclic) bond motifs is 2. The Morgan fingerprint density at radius 3 is 1.30 bits per heavy atom. The number of esters is 2. The van der Waals surface area contributed by atoms with E-state index in [0.717, 1.165) is 0 Å². The molecule has 60 heavy (non-hydrogen) atoms. The number of amides is 2. The zero-order valence-electron chi connectivity index (χ0n) is 32.7. The van der Waals surface area contributed by atoms with Gasteiger partial charge in [-0.1, -0.05) is 60.7 Å². The first-order valence-electron chi connectivity index (χ1n) is 18.4. The Labute approximate surface area is 342 Å². The number of carbonyl (C=O) groups excluding carboxylic acids is 4. The molecule has 0 bridgehead atoms. The molecular weight excluding hydrogens is 765 g/mol. The molecule has 2 amide bonds. The van der Waals surface area contributed by atoms with Crippen molar-refractivity contribution in [3.8, 4) is 11.5 Å². The normalized spacial score (nSPS) is 11.3. The largest absolute Gasteiger partial charge is 0.505 e. The molecule has 0 fully saturated rings. The molecule has 0 radical (unpaired) electrons. The highest BCUT2D eigenvalue weighted by Crippen LogP contribution is 2.42. The Kier molecular flexibility index (Phi) is 11.4. The van der Waals surface area contributed by atoms with Gasteiger partial charge in [0.25, 0.3) is 11.8 Å². The van der Waals surface area contributed by atoms with Crippen LogP contribution in [-0.2, 0) is 9.47 Å². The summed E-state index contributed by atoms with van der Waals surface area (Å²) in [5.41, 5.74) is 3.28. The van der Waals surface area contributed by atoms with E-state index >= 15 is 0 Å². The quantitative estimate of drug-likeness (QED) is 0.0772. The van der Waals surface area contributed by atoms with Gasteiger partial charge in [-0.3, -0.25) is 9.59 Å². The van der Waals surface area contributed by atoms with Crippen LogP contribution in [0, 0.1) is 13.8 Å². The predicted octanol–water partition coefficient (Wildman–Crippen LogP) is 10.9. The molecule has 0 unspecified atom stereocenters. The fraction of sp³-hybridized carbons (Fsp3) is 0.0870. The summed E-state index contributed by atoms with van der Waals surface area (Å²) < 4.78 is 9.58. The number of hydrogen-bond donors (Lipinski definition) is 4. The molecule has 7 aromatic carbocycles. The van der Waals surface area contributed by atoms with E-state index in [0.29, 0.717) is 55.4 Å². The summed E-state index contributed by atoms with van der Waals surface area (Å²) in [5, 5.41) is 48.0. The molecule has 0 heterocycles. The van der Waals surface area contributed by atoms with E-state index in [4.69, 9.17) is 9.47 Å². The van der Waals surface area contributed by atoms with Crippen LogP contribution in [0.1, 0.15) is 52.6 Å². The van der Waals surface area contributed by atoms with Crippen LogP contribution in [0.15, 0.2) is 142 Å². The number of benzene rings is 7. The maximum absolute atomic E-state index is 13.8. The minimum atomic E-state index is -0.624. The van der Waals surface area contributed by atoms with Crippen molar-refractivity contribution in [1.29, 1.82) is 0 Å². The van der Waals surface area contributed by atoms with Crippen LogP contribution in [0.3, 0.4) is 0 Å². The minimum absolute atomic E-state index is 0.0574. The smallest absolute Gasteiger partial charge is 0.337 e. The van der Waals surface area contributed by atoms with Gasteiger partial charge in [0.2, 0.25) is 0 Å². The summed E-state index contributed by atoms with van der Waals surface area (Å²) in [5.74, 6) is -3.13. The van der Waals surface area contributed by atoms with Crippen LogP contribution < -0.4 is 10.6 Å². The average molecular weight is 801 g/mol. The van der Waals surface area contributed by atoms with Crippen molar-refractivity contribution >= 4 is 79.4 Å². The van der Waals surface area contributed by atoms with E-state index in [1.54, 1.807) is 123 Å². The highest BCUT2D eigenvalue weighted by Gasteiger charge is 2.22. The van der Waals surface area contributed by atoms with Gasteiger partial charge in [0.15, 0.2) is 11.5 Å². The fourth-order valence-electron chi connectivity index (χ4n) is 6.50. The number of ether oxygens (including phenoxy) is 2. The van der Waals surface area contributed by atoms with Gasteiger partial charge in [-0.2, -0.15) is 10.2 Å². The molecule has 0 atom stereocenters. The number of nitrogens with zero attached hydrogens (tertiary/aromatic N) is 4. The predicted molar refractivity (Wildman–Crippen MR) is 227 cm³/mol. The Balaban J connectivity index is 1.15. The molecule has 0 saturated carbocycles. The van der Waals surface area contributed by atoms with Crippen molar-refractivity contribution in [2.24, 2.45) is 20.5 Å². The van der Waals surface area contributed by atoms with Crippen LogP contribution in [0.5, 0.6) is 11.5 Å². The van der Waals surface area contributed by atoms with Gasteiger partial charge < -0.3 is 30.3 Å². The maximum atomic E-state index is 13.8. The summed E-state index contributed by atoms with van der Waals surface area (Å²) in [7, 11) is 2.55. The topological polar surface area (TPSA) is 201 Å². The monoisotopic (exact) mass is 800 g/mol. The molecule has 7 rings (SSSR count). The van der Waals surface area contributed by atoms with Gasteiger partial charge in [0.05, 0.1) is 47.8 Å². The molecule has 0 saturated heterocycles. The molecule has 4 N–H and O–H groups in total. The van der Waals surface area contributed by atoms with Gasteiger partial charge >= 0.3 is 11.9 Å². The van der Waals surface area contributed by atoms with E-state index in [1.165, 1.54) is 26.4 Å². The standard InChI is InChI=1S/C46H36N6O8/c1-25-26(2)38(48-44(56)36-24-28-12-6-8-18-34(28)40(42(36)54)52-50-32-16-10-14-30(22-32)46(58)60-4)20-19-37(25)47-43(55)35-23-27-11-5-7-17-33(27)39(41(35)53)51-49-31-15-9-13-29(21-31)45(57)59-3/h5-24,53-54H,1-4H3,(H,47,55)(H,48,56). The highest BCUT2D eigenvalue weighted by atomic mass is 16.5. The third-order valence-corrected chi connectivity index (χ3v) is 9.83. The third-order valence-electron chi connectivity index (χ3n) is 9.83. The van der Waals surface area contributed by atoms with Crippen LogP contribution in [0.2, 0.25) is 0 Å². The van der Waals surface area contributed by atoms with Gasteiger partial charge in [-0.05, 0) is 96.4 Å². The summed E-state index contributed by atoms with van der Waals surface area (Å²) in [6, 6.07) is 33.2. The summed E-state index contributed by atoms with van der Waals surface area (Å²) in [6.07, 6.45) is 0. The number of rotatable bonds is 10. The molecule has 14 nitrogen and oxygen atoms in total. The van der Waals surface area contributed by atoms with Crippen molar-refractivity contribution in [3.63, 3.8) is 0 Å². The zero-order chi connectivity index (χ0) is 42.5. The lowest BCUT2D eigenvalue weighted by atomic mass is 10.0. The molecule has 7 aromatic rings. The lowest BCUT2D eigenvalue weighted by Crippen LogP contribution is -2.16. The summed E-state index contributed by atoms with van der Waals surface area (Å²) in [4.78, 5) is 51.7. The van der Waals surface area contributed by atoms with E-state index in [9.17, 15) is 29.4 Å². The molecular formula is C46H36N6O8. The fourth-order valence-corrected chi connectivity index (χ4v) is 6.50. The lowest BCUT2D eigenvalue weighted by Gasteiger charge is -2.17. The van der Waals surface area contributed by atoms with Crippen molar-refractivity contribution in [1.82, 2.24) is 0 Å².